The SMILES string of the molecule is C[C@H](C[S@](C)=O)N(C)c1ccc(Cl)cn1. The van der Waals surface area contributed by atoms with Crippen molar-refractivity contribution in [3.63, 3.8) is 0 Å². The van der Waals surface area contributed by atoms with Gasteiger partial charge in [0.05, 0.1) is 5.02 Å². The van der Waals surface area contributed by atoms with Gasteiger partial charge in [0, 0.05) is 42.1 Å². The third-order valence-corrected chi connectivity index (χ3v) is 3.39. The van der Waals surface area contributed by atoms with Crippen molar-refractivity contribution in [3.8, 4) is 0 Å². The number of rotatable bonds is 4. The van der Waals surface area contributed by atoms with Crippen LogP contribution in [0.25, 0.3) is 0 Å². The highest BCUT2D eigenvalue weighted by molar-refractivity contribution is 7.84. The van der Waals surface area contributed by atoms with E-state index in [4.69, 9.17) is 11.6 Å². The Hall–Kier alpha value is -0.610. The smallest absolute Gasteiger partial charge is 0.128 e. The Bertz CT molecular complexity index is 342. The predicted molar refractivity (Wildman–Crippen MR) is 66.0 cm³/mol. The van der Waals surface area contributed by atoms with Crippen LogP contribution in [0.3, 0.4) is 0 Å². The van der Waals surface area contributed by atoms with Gasteiger partial charge in [-0.2, -0.15) is 0 Å². The minimum absolute atomic E-state index is 0.199. The van der Waals surface area contributed by atoms with Crippen LogP contribution < -0.4 is 4.90 Å². The van der Waals surface area contributed by atoms with Crippen LogP contribution in [0, 0.1) is 0 Å². The molecule has 0 amide bonds. The highest BCUT2D eigenvalue weighted by atomic mass is 35.5. The van der Waals surface area contributed by atoms with E-state index < -0.39 is 10.8 Å². The number of nitrogens with zero attached hydrogens (tertiary/aromatic N) is 2. The summed E-state index contributed by atoms with van der Waals surface area (Å²) < 4.78 is 11.1. The average Bonchev–Trinajstić information content (AvgIpc) is 2.17. The van der Waals surface area contributed by atoms with Crippen LogP contribution in [0.15, 0.2) is 18.3 Å². The van der Waals surface area contributed by atoms with Gasteiger partial charge in [0.15, 0.2) is 0 Å². The molecule has 3 nitrogen and oxygen atoms in total. The van der Waals surface area contributed by atoms with Gasteiger partial charge in [-0.3, -0.25) is 4.21 Å². The van der Waals surface area contributed by atoms with Crippen LogP contribution >= 0.6 is 11.6 Å². The van der Waals surface area contributed by atoms with E-state index in [1.54, 1.807) is 18.5 Å². The summed E-state index contributed by atoms with van der Waals surface area (Å²) >= 11 is 5.75. The molecule has 0 fully saturated rings. The van der Waals surface area contributed by atoms with Crippen LogP contribution in [0.5, 0.6) is 0 Å². The zero-order valence-electron chi connectivity index (χ0n) is 9.11. The first-order chi connectivity index (χ1) is 7.00. The molecule has 0 aromatic carbocycles. The molecule has 1 aromatic rings. The summed E-state index contributed by atoms with van der Waals surface area (Å²) in [5, 5.41) is 0.624. The summed E-state index contributed by atoms with van der Waals surface area (Å²) in [6.07, 6.45) is 3.32. The largest absolute Gasteiger partial charge is 0.356 e. The van der Waals surface area contributed by atoms with Crippen LogP contribution in [0.2, 0.25) is 5.02 Å². The normalized spacial score (nSPS) is 14.7. The number of hydrogen-bond acceptors (Lipinski definition) is 3. The lowest BCUT2D eigenvalue weighted by molar-refractivity contribution is 0.674. The molecule has 0 saturated carbocycles. The Morgan fingerprint density at radius 1 is 1.60 bits per heavy atom. The molecule has 0 saturated heterocycles. The summed E-state index contributed by atoms with van der Waals surface area (Å²) in [6.45, 7) is 2.03. The van der Waals surface area contributed by atoms with Crippen LogP contribution in [-0.4, -0.2) is 34.3 Å². The van der Waals surface area contributed by atoms with E-state index in [0.717, 1.165) is 5.82 Å². The van der Waals surface area contributed by atoms with E-state index in [1.807, 2.05) is 24.9 Å². The molecule has 0 aliphatic carbocycles. The molecule has 15 heavy (non-hydrogen) atoms. The van der Waals surface area contributed by atoms with Gasteiger partial charge in [-0.15, -0.1) is 0 Å². The molecule has 84 valence electrons. The molecule has 0 aliphatic heterocycles. The van der Waals surface area contributed by atoms with Crippen molar-refractivity contribution in [2.75, 3.05) is 24.0 Å². The summed E-state index contributed by atoms with van der Waals surface area (Å²) in [7, 11) is 1.15. The van der Waals surface area contributed by atoms with E-state index in [-0.39, 0.29) is 6.04 Å². The molecule has 0 radical (unpaired) electrons. The summed E-state index contributed by atoms with van der Waals surface area (Å²) in [5.74, 6) is 1.48. The maximum atomic E-state index is 11.1. The lowest BCUT2D eigenvalue weighted by Crippen LogP contribution is -2.33. The second-order valence-electron chi connectivity index (χ2n) is 3.53. The summed E-state index contributed by atoms with van der Waals surface area (Å²) in [5.41, 5.74) is 0. The minimum atomic E-state index is -0.790. The molecule has 0 bridgehead atoms. The van der Waals surface area contributed by atoms with Gasteiger partial charge in [0.2, 0.25) is 0 Å². The van der Waals surface area contributed by atoms with Crippen molar-refractivity contribution in [3.05, 3.63) is 23.4 Å². The molecule has 0 unspecified atom stereocenters. The van der Waals surface area contributed by atoms with Crippen LogP contribution in [0.1, 0.15) is 6.92 Å². The number of halogens is 1. The monoisotopic (exact) mass is 246 g/mol. The molecule has 0 N–H and O–H groups in total. The molecule has 2 atom stereocenters. The maximum Gasteiger partial charge on any atom is 0.128 e. The highest BCUT2D eigenvalue weighted by Crippen LogP contribution is 2.15. The average molecular weight is 247 g/mol. The van der Waals surface area contributed by atoms with Crippen molar-refractivity contribution in [1.82, 2.24) is 4.98 Å². The first-order valence-electron chi connectivity index (χ1n) is 4.65. The third kappa shape index (κ3) is 3.80. The first-order valence-corrected chi connectivity index (χ1v) is 6.75. The van der Waals surface area contributed by atoms with Gasteiger partial charge < -0.3 is 4.90 Å². The summed E-state index contributed by atoms with van der Waals surface area (Å²) in [4.78, 5) is 6.20. The van der Waals surface area contributed by atoms with E-state index in [0.29, 0.717) is 10.8 Å². The molecular formula is C10H15ClN2OS. The lowest BCUT2D eigenvalue weighted by atomic mass is 10.3. The Kier molecular flexibility index (Phi) is 4.54. The number of pyridine rings is 1. The van der Waals surface area contributed by atoms with Crippen LogP contribution in [0.4, 0.5) is 5.82 Å². The minimum Gasteiger partial charge on any atom is -0.356 e. The van der Waals surface area contributed by atoms with E-state index in [2.05, 4.69) is 4.98 Å². The topological polar surface area (TPSA) is 33.2 Å². The Labute approximate surface area is 97.9 Å². The van der Waals surface area contributed by atoms with Gasteiger partial charge in [0.1, 0.15) is 5.82 Å². The Morgan fingerprint density at radius 3 is 2.73 bits per heavy atom. The van der Waals surface area contributed by atoms with Gasteiger partial charge >= 0.3 is 0 Å². The van der Waals surface area contributed by atoms with Gasteiger partial charge in [-0.1, -0.05) is 11.6 Å². The van der Waals surface area contributed by atoms with Crippen molar-refractivity contribution in [2.24, 2.45) is 0 Å². The van der Waals surface area contributed by atoms with Crippen molar-refractivity contribution in [1.29, 1.82) is 0 Å². The van der Waals surface area contributed by atoms with Crippen LogP contribution in [-0.2, 0) is 10.8 Å². The lowest BCUT2D eigenvalue weighted by Gasteiger charge is -2.25. The van der Waals surface area contributed by atoms with Gasteiger partial charge in [-0.05, 0) is 19.1 Å². The Morgan fingerprint density at radius 2 is 2.27 bits per heavy atom. The fraction of sp³-hybridized carbons (Fsp3) is 0.500. The zero-order chi connectivity index (χ0) is 11.4. The predicted octanol–water partition coefficient (Wildman–Crippen LogP) is 1.94. The molecular weight excluding hydrogens is 232 g/mol. The zero-order valence-corrected chi connectivity index (χ0v) is 10.7. The highest BCUT2D eigenvalue weighted by Gasteiger charge is 2.12. The fourth-order valence-corrected chi connectivity index (χ4v) is 2.27. The third-order valence-electron chi connectivity index (χ3n) is 2.21. The number of anilines is 1. The standard InChI is InChI=1S/C10H15ClN2OS/c1-8(7-15(3)14)13(2)10-5-4-9(11)6-12-10/h4-6,8H,7H2,1-3H3/t8-,15+/m1/s1. The first kappa shape index (κ1) is 12.5. The maximum absolute atomic E-state index is 11.1. The van der Waals surface area contributed by atoms with Gasteiger partial charge in [0.25, 0.3) is 0 Å². The van der Waals surface area contributed by atoms with Crippen molar-refractivity contribution < 1.29 is 4.21 Å². The van der Waals surface area contributed by atoms with Crippen molar-refractivity contribution >= 4 is 28.2 Å². The van der Waals surface area contributed by atoms with E-state index >= 15 is 0 Å². The summed E-state index contributed by atoms with van der Waals surface area (Å²) in [6, 6.07) is 3.86. The molecule has 5 heteroatoms. The molecule has 1 aromatic heterocycles. The second kappa shape index (κ2) is 5.47. The number of hydrogen-bond donors (Lipinski definition) is 0. The molecule has 1 heterocycles. The van der Waals surface area contributed by atoms with E-state index in [1.165, 1.54) is 0 Å². The van der Waals surface area contributed by atoms with Gasteiger partial charge in [-0.25, -0.2) is 4.98 Å². The quantitative estimate of drug-likeness (QED) is 0.814. The van der Waals surface area contributed by atoms with Crippen molar-refractivity contribution in [2.45, 2.75) is 13.0 Å². The van der Waals surface area contributed by atoms with E-state index in [9.17, 15) is 4.21 Å². The molecule has 0 spiro atoms. The second-order valence-corrected chi connectivity index (χ2v) is 5.45. The number of aromatic nitrogens is 1. The molecule has 1 rings (SSSR count). The Balaban J connectivity index is 2.71. The fourth-order valence-electron chi connectivity index (χ4n) is 1.25. The molecule has 0 aliphatic rings.